The number of hydrogen-bond donors (Lipinski definition) is 1. The Hall–Kier alpha value is -2.95. The maximum absolute atomic E-state index is 12.0. The molecule has 21 heavy (non-hydrogen) atoms. The molecule has 2 heterocycles. The molecule has 0 fully saturated rings. The summed E-state index contributed by atoms with van der Waals surface area (Å²) in [5.74, 6) is 0.587. The Labute approximate surface area is 121 Å². The van der Waals surface area contributed by atoms with Crippen LogP contribution in [0.5, 0.6) is 0 Å². The Morgan fingerprint density at radius 3 is 2.48 bits per heavy atom. The first kappa shape index (κ1) is 13.1. The molecule has 0 spiro atoms. The van der Waals surface area contributed by atoms with Gasteiger partial charge in [-0.05, 0) is 29.8 Å². The second kappa shape index (κ2) is 6.00. The van der Waals surface area contributed by atoms with Crippen LogP contribution in [-0.2, 0) is 6.54 Å². The Morgan fingerprint density at radius 1 is 1.05 bits per heavy atom. The second-order valence-electron chi connectivity index (χ2n) is 4.47. The molecule has 1 N–H and O–H groups in total. The molecular weight excluding hydrogens is 266 g/mol. The third-order valence-corrected chi connectivity index (χ3v) is 3.04. The highest BCUT2D eigenvalue weighted by atomic mass is 16.3. The molecule has 0 bridgehead atoms. The predicted molar refractivity (Wildman–Crippen MR) is 77.3 cm³/mol. The fraction of sp³-hybridized carbons (Fsp3) is 0.0625. The van der Waals surface area contributed by atoms with Gasteiger partial charge in [0.05, 0.1) is 12.8 Å². The number of amides is 1. The predicted octanol–water partition coefficient (Wildman–Crippen LogP) is 2.67. The van der Waals surface area contributed by atoms with Gasteiger partial charge in [0.15, 0.2) is 0 Å². The molecule has 3 aromatic rings. The lowest BCUT2D eigenvalue weighted by Crippen LogP contribution is -2.22. The van der Waals surface area contributed by atoms with Gasteiger partial charge in [-0.2, -0.15) is 0 Å². The summed E-state index contributed by atoms with van der Waals surface area (Å²) in [5, 5.41) is 2.80. The van der Waals surface area contributed by atoms with E-state index in [0.717, 1.165) is 16.9 Å². The number of nitrogens with zero attached hydrogens (tertiary/aromatic N) is 2. The minimum atomic E-state index is -0.137. The molecule has 5 nitrogen and oxygen atoms in total. The molecule has 0 unspecified atom stereocenters. The van der Waals surface area contributed by atoms with Crippen LogP contribution in [0, 0.1) is 0 Å². The molecule has 3 rings (SSSR count). The van der Waals surface area contributed by atoms with Gasteiger partial charge >= 0.3 is 0 Å². The Morgan fingerprint density at radius 2 is 1.81 bits per heavy atom. The minimum absolute atomic E-state index is 0.137. The summed E-state index contributed by atoms with van der Waals surface area (Å²) in [5.41, 5.74) is 2.49. The van der Waals surface area contributed by atoms with E-state index in [2.05, 4.69) is 15.3 Å². The van der Waals surface area contributed by atoms with Crippen LogP contribution in [0.3, 0.4) is 0 Å². The fourth-order valence-electron chi connectivity index (χ4n) is 1.94. The maximum atomic E-state index is 12.0. The summed E-state index contributed by atoms with van der Waals surface area (Å²) in [4.78, 5) is 20.0. The highest BCUT2D eigenvalue weighted by Gasteiger charge is 2.06. The van der Waals surface area contributed by atoms with E-state index in [1.807, 2.05) is 18.2 Å². The number of furan rings is 1. The third kappa shape index (κ3) is 3.14. The first-order valence-corrected chi connectivity index (χ1v) is 6.49. The summed E-state index contributed by atoms with van der Waals surface area (Å²) in [6.07, 6.45) is 6.54. The number of aromatic nitrogens is 2. The molecule has 0 saturated carbocycles. The standard InChI is InChI=1S/C16H13N3O2/c20-16(19-10-15-2-1-7-21-15)13-5-3-12(4-6-13)14-8-17-11-18-9-14/h1-9,11H,10H2,(H,19,20). The molecular formula is C16H13N3O2. The van der Waals surface area contributed by atoms with Gasteiger partial charge in [-0.25, -0.2) is 9.97 Å². The second-order valence-corrected chi connectivity index (χ2v) is 4.47. The van der Waals surface area contributed by atoms with Gasteiger partial charge in [-0.1, -0.05) is 12.1 Å². The lowest BCUT2D eigenvalue weighted by molar-refractivity contribution is 0.0948. The number of carbonyl (C=O) groups excluding carboxylic acids is 1. The van der Waals surface area contributed by atoms with Gasteiger partial charge in [-0.3, -0.25) is 4.79 Å². The highest BCUT2D eigenvalue weighted by molar-refractivity contribution is 5.94. The zero-order chi connectivity index (χ0) is 14.5. The number of hydrogen-bond acceptors (Lipinski definition) is 4. The van der Waals surface area contributed by atoms with E-state index < -0.39 is 0 Å². The van der Waals surface area contributed by atoms with Crippen LogP contribution in [0.25, 0.3) is 11.1 Å². The van der Waals surface area contributed by atoms with Crippen LogP contribution in [0.4, 0.5) is 0 Å². The zero-order valence-corrected chi connectivity index (χ0v) is 11.2. The van der Waals surface area contributed by atoms with Crippen LogP contribution in [-0.4, -0.2) is 15.9 Å². The Bertz CT molecular complexity index is 707. The van der Waals surface area contributed by atoms with E-state index in [9.17, 15) is 4.79 Å². The monoisotopic (exact) mass is 279 g/mol. The zero-order valence-electron chi connectivity index (χ0n) is 11.2. The van der Waals surface area contributed by atoms with Gasteiger partial charge in [0.2, 0.25) is 0 Å². The molecule has 0 saturated heterocycles. The van der Waals surface area contributed by atoms with Gasteiger partial charge in [0, 0.05) is 23.5 Å². The van der Waals surface area contributed by atoms with E-state index in [0.29, 0.717) is 12.1 Å². The van der Waals surface area contributed by atoms with Crippen LogP contribution in [0.2, 0.25) is 0 Å². The van der Waals surface area contributed by atoms with Crippen molar-refractivity contribution >= 4 is 5.91 Å². The summed E-state index contributed by atoms with van der Waals surface area (Å²) in [6, 6.07) is 10.9. The molecule has 2 aromatic heterocycles. The van der Waals surface area contributed by atoms with Crippen LogP contribution in [0.15, 0.2) is 65.8 Å². The molecule has 0 aliphatic rings. The lowest BCUT2D eigenvalue weighted by atomic mass is 10.1. The van der Waals surface area contributed by atoms with Crippen molar-refractivity contribution in [2.75, 3.05) is 0 Å². The normalized spacial score (nSPS) is 10.3. The van der Waals surface area contributed by atoms with Crippen molar-refractivity contribution < 1.29 is 9.21 Å². The van der Waals surface area contributed by atoms with Crippen LogP contribution in [0.1, 0.15) is 16.1 Å². The van der Waals surface area contributed by atoms with Gasteiger partial charge < -0.3 is 9.73 Å². The van der Waals surface area contributed by atoms with Crippen molar-refractivity contribution in [3.05, 3.63) is 72.7 Å². The Kier molecular flexibility index (Phi) is 3.73. The van der Waals surface area contributed by atoms with Gasteiger partial charge in [-0.15, -0.1) is 0 Å². The largest absolute Gasteiger partial charge is 0.467 e. The van der Waals surface area contributed by atoms with Crippen molar-refractivity contribution in [2.45, 2.75) is 6.54 Å². The maximum Gasteiger partial charge on any atom is 0.251 e. The number of rotatable bonds is 4. The first-order chi connectivity index (χ1) is 10.3. The van der Waals surface area contributed by atoms with Crippen LogP contribution < -0.4 is 5.32 Å². The summed E-state index contributed by atoms with van der Waals surface area (Å²) >= 11 is 0. The van der Waals surface area contributed by atoms with E-state index >= 15 is 0 Å². The molecule has 0 atom stereocenters. The minimum Gasteiger partial charge on any atom is -0.467 e. The molecule has 1 amide bonds. The number of benzene rings is 1. The SMILES string of the molecule is O=C(NCc1ccco1)c1ccc(-c2cncnc2)cc1. The number of nitrogens with one attached hydrogen (secondary N) is 1. The molecule has 0 radical (unpaired) electrons. The van der Waals surface area contributed by atoms with E-state index in [4.69, 9.17) is 4.42 Å². The molecule has 0 aliphatic heterocycles. The molecule has 104 valence electrons. The summed E-state index contributed by atoms with van der Waals surface area (Å²) in [7, 11) is 0. The van der Waals surface area contributed by atoms with Crippen molar-refractivity contribution in [3.63, 3.8) is 0 Å². The number of carbonyl (C=O) groups is 1. The topological polar surface area (TPSA) is 68.0 Å². The lowest BCUT2D eigenvalue weighted by Gasteiger charge is -2.05. The molecule has 0 aliphatic carbocycles. The van der Waals surface area contributed by atoms with Gasteiger partial charge in [0.25, 0.3) is 5.91 Å². The van der Waals surface area contributed by atoms with Crippen molar-refractivity contribution in [1.82, 2.24) is 15.3 Å². The smallest absolute Gasteiger partial charge is 0.251 e. The molecule has 5 heteroatoms. The van der Waals surface area contributed by atoms with Gasteiger partial charge in [0.1, 0.15) is 12.1 Å². The Balaban J connectivity index is 1.67. The summed E-state index contributed by atoms with van der Waals surface area (Å²) < 4.78 is 5.17. The molecule has 1 aromatic carbocycles. The van der Waals surface area contributed by atoms with E-state index in [1.54, 1.807) is 36.9 Å². The van der Waals surface area contributed by atoms with E-state index in [-0.39, 0.29) is 5.91 Å². The highest BCUT2D eigenvalue weighted by Crippen LogP contribution is 2.17. The van der Waals surface area contributed by atoms with Crippen molar-refractivity contribution in [2.24, 2.45) is 0 Å². The van der Waals surface area contributed by atoms with Crippen molar-refractivity contribution in [1.29, 1.82) is 0 Å². The van der Waals surface area contributed by atoms with Crippen LogP contribution >= 0.6 is 0 Å². The average Bonchev–Trinajstić information content (AvgIpc) is 3.07. The van der Waals surface area contributed by atoms with Crippen molar-refractivity contribution in [3.8, 4) is 11.1 Å². The first-order valence-electron chi connectivity index (χ1n) is 6.49. The quantitative estimate of drug-likeness (QED) is 0.797. The summed E-state index contributed by atoms with van der Waals surface area (Å²) in [6.45, 7) is 0.375. The third-order valence-electron chi connectivity index (χ3n) is 3.04. The average molecular weight is 279 g/mol. The fourth-order valence-corrected chi connectivity index (χ4v) is 1.94. The van der Waals surface area contributed by atoms with E-state index in [1.165, 1.54) is 6.33 Å².